The van der Waals surface area contributed by atoms with Gasteiger partial charge in [0.2, 0.25) is 5.91 Å². The molecule has 0 aliphatic carbocycles. The first-order valence-electron chi connectivity index (χ1n) is 10.1. The zero-order valence-electron chi connectivity index (χ0n) is 17.2. The van der Waals surface area contributed by atoms with Crippen LogP contribution < -0.4 is 21.3 Å². The van der Waals surface area contributed by atoms with Crippen molar-refractivity contribution in [1.29, 1.82) is 0 Å². The quantitative estimate of drug-likeness (QED) is 0.516. The van der Waals surface area contributed by atoms with Crippen molar-refractivity contribution in [3.63, 3.8) is 0 Å². The zero-order valence-corrected chi connectivity index (χ0v) is 17.2. The van der Waals surface area contributed by atoms with Crippen molar-refractivity contribution in [2.75, 3.05) is 42.1 Å². The summed E-state index contributed by atoms with van der Waals surface area (Å²) in [7, 11) is 0. The number of carbonyl (C=O) groups is 1. The number of benzene rings is 2. The summed E-state index contributed by atoms with van der Waals surface area (Å²) in [4.78, 5) is 17.8. The lowest BCUT2D eigenvalue weighted by Crippen LogP contribution is -2.43. The maximum Gasteiger partial charge on any atom is 0.221 e. The number of aromatic hydroxyl groups is 1. The highest BCUT2D eigenvalue weighted by Gasteiger charge is 2.17. The Morgan fingerprint density at radius 2 is 1.84 bits per heavy atom. The van der Waals surface area contributed by atoms with Gasteiger partial charge < -0.3 is 26.4 Å². The van der Waals surface area contributed by atoms with E-state index >= 15 is 0 Å². The highest BCUT2D eigenvalue weighted by atomic mass is 19.1. The number of nitrogens with one attached hydrogen (secondary N) is 2. The van der Waals surface area contributed by atoms with Gasteiger partial charge in [0.15, 0.2) is 0 Å². The standard InChI is InChI=1S/C23H24FN5O2/c1-14(30)27-20-6-5-15(11-19(20)24)17-3-2-4-18(23(17)31)16-12-21(25)28-22(13-16)29-9-7-26-8-10-29/h2-6,11-13,26,31H,7-10H2,1H3,(H2,25,28)(H,27,30). The summed E-state index contributed by atoms with van der Waals surface area (Å²) in [5, 5.41) is 16.8. The smallest absolute Gasteiger partial charge is 0.221 e. The molecule has 160 valence electrons. The number of nitrogen functional groups attached to an aromatic ring is 1. The molecule has 0 atom stereocenters. The van der Waals surface area contributed by atoms with E-state index in [1.54, 1.807) is 30.3 Å². The van der Waals surface area contributed by atoms with Gasteiger partial charge in [-0.3, -0.25) is 4.79 Å². The number of hydrogen-bond donors (Lipinski definition) is 4. The normalized spacial score (nSPS) is 13.8. The summed E-state index contributed by atoms with van der Waals surface area (Å²) >= 11 is 0. The van der Waals surface area contributed by atoms with E-state index in [4.69, 9.17) is 5.73 Å². The van der Waals surface area contributed by atoms with E-state index in [0.717, 1.165) is 37.6 Å². The second kappa shape index (κ2) is 8.61. The summed E-state index contributed by atoms with van der Waals surface area (Å²) in [6.07, 6.45) is 0. The van der Waals surface area contributed by atoms with Crippen LogP contribution in [-0.4, -0.2) is 42.2 Å². The second-order valence-electron chi connectivity index (χ2n) is 7.45. The number of piperazine rings is 1. The van der Waals surface area contributed by atoms with Gasteiger partial charge in [0, 0.05) is 44.2 Å². The molecule has 0 radical (unpaired) electrons. The molecule has 2 aromatic carbocycles. The van der Waals surface area contributed by atoms with E-state index in [1.165, 1.54) is 19.1 Å². The number of phenolic OH excluding ortho intramolecular Hbond substituents is 1. The van der Waals surface area contributed by atoms with Crippen molar-refractivity contribution in [1.82, 2.24) is 10.3 Å². The minimum Gasteiger partial charge on any atom is -0.507 e. The highest BCUT2D eigenvalue weighted by molar-refractivity contribution is 5.90. The predicted molar refractivity (Wildman–Crippen MR) is 121 cm³/mol. The molecular weight excluding hydrogens is 397 g/mol. The van der Waals surface area contributed by atoms with Crippen LogP contribution in [0.5, 0.6) is 5.75 Å². The molecule has 0 spiro atoms. The van der Waals surface area contributed by atoms with Crippen LogP contribution in [0, 0.1) is 5.82 Å². The largest absolute Gasteiger partial charge is 0.507 e. The molecule has 1 fully saturated rings. The summed E-state index contributed by atoms with van der Waals surface area (Å²) in [6, 6.07) is 13.3. The Bertz CT molecular complexity index is 1130. The fourth-order valence-corrected chi connectivity index (χ4v) is 3.73. The number of nitrogens with zero attached hydrogens (tertiary/aromatic N) is 2. The van der Waals surface area contributed by atoms with E-state index in [-0.39, 0.29) is 17.3 Å². The number of pyridine rings is 1. The van der Waals surface area contributed by atoms with Gasteiger partial charge in [0.1, 0.15) is 23.2 Å². The molecule has 0 bridgehead atoms. The first-order chi connectivity index (χ1) is 14.9. The third kappa shape index (κ3) is 4.44. The summed E-state index contributed by atoms with van der Waals surface area (Å²) < 4.78 is 14.4. The summed E-state index contributed by atoms with van der Waals surface area (Å²) in [5.74, 6) is 0.207. The Hall–Kier alpha value is -3.65. The van der Waals surface area contributed by atoms with Crippen LogP contribution in [-0.2, 0) is 4.79 Å². The maximum absolute atomic E-state index is 14.4. The number of nitrogens with two attached hydrogens (primary N) is 1. The van der Waals surface area contributed by atoms with Gasteiger partial charge in [0.25, 0.3) is 0 Å². The molecule has 7 nitrogen and oxygen atoms in total. The van der Waals surface area contributed by atoms with E-state index < -0.39 is 5.82 Å². The Morgan fingerprint density at radius 1 is 1.13 bits per heavy atom. The lowest BCUT2D eigenvalue weighted by molar-refractivity contribution is -0.114. The van der Waals surface area contributed by atoms with Gasteiger partial charge in [-0.2, -0.15) is 0 Å². The van der Waals surface area contributed by atoms with Crippen molar-refractivity contribution in [3.8, 4) is 28.0 Å². The van der Waals surface area contributed by atoms with E-state index in [0.29, 0.717) is 22.5 Å². The van der Waals surface area contributed by atoms with Crippen molar-refractivity contribution in [2.45, 2.75) is 6.92 Å². The number of anilines is 3. The number of halogens is 1. The molecule has 5 N–H and O–H groups in total. The maximum atomic E-state index is 14.4. The van der Waals surface area contributed by atoms with Crippen LogP contribution >= 0.6 is 0 Å². The van der Waals surface area contributed by atoms with Crippen molar-refractivity contribution < 1.29 is 14.3 Å². The molecule has 3 aromatic rings. The van der Waals surface area contributed by atoms with Crippen LogP contribution in [0.1, 0.15) is 6.92 Å². The molecule has 0 unspecified atom stereocenters. The van der Waals surface area contributed by atoms with Crippen molar-refractivity contribution in [2.24, 2.45) is 0 Å². The molecule has 2 heterocycles. The molecule has 1 aliphatic heterocycles. The zero-order chi connectivity index (χ0) is 22.0. The van der Waals surface area contributed by atoms with Gasteiger partial charge in [-0.25, -0.2) is 9.37 Å². The minimum absolute atomic E-state index is 0.0195. The van der Waals surface area contributed by atoms with Crippen LogP contribution in [0.3, 0.4) is 0 Å². The molecule has 1 aromatic heterocycles. The molecule has 4 rings (SSSR count). The average Bonchev–Trinajstić information content (AvgIpc) is 2.75. The van der Waals surface area contributed by atoms with Crippen LogP contribution in [0.15, 0.2) is 48.5 Å². The lowest BCUT2D eigenvalue weighted by atomic mass is 9.97. The fourth-order valence-electron chi connectivity index (χ4n) is 3.73. The van der Waals surface area contributed by atoms with Gasteiger partial charge in [-0.1, -0.05) is 24.3 Å². The van der Waals surface area contributed by atoms with Crippen LogP contribution in [0.4, 0.5) is 21.7 Å². The summed E-state index contributed by atoms with van der Waals surface area (Å²) in [6.45, 7) is 4.70. The van der Waals surface area contributed by atoms with E-state index in [2.05, 4.69) is 20.5 Å². The Kier molecular flexibility index (Phi) is 5.73. The van der Waals surface area contributed by atoms with E-state index in [1.807, 2.05) is 6.07 Å². The van der Waals surface area contributed by atoms with Gasteiger partial charge in [-0.15, -0.1) is 0 Å². The molecule has 31 heavy (non-hydrogen) atoms. The average molecular weight is 421 g/mol. The Labute approximate surface area is 179 Å². The lowest BCUT2D eigenvalue weighted by Gasteiger charge is -2.29. The van der Waals surface area contributed by atoms with Gasteiger partial charge in [0.05, 0.1) is 5.69 Å². The number of hydrogen-bond acceptors (Lipinski definition) is 6. The molecule has 8 heteroatoms. The van der Waals surface area contributed by atoms with Crippen LogP contribution in [0.2, 0.25) is 0 Å². The third-order valence-corrected chi connectivity index (χ3v) is 5.21. The van der Waals surface area contributed by atoms with Crippen molar-refractivity contribution >= 4 is 23.2 Å². The second-order valence-corrected chi connectivity index (χ2v) is 7.45. The molecule has 1 amide bonds. The summed E-state index contributed by atoms with van der Waals surface area (Å²) in [5.41, 5.74) is 8.43. The number of rotatable bonds is 4. The van der Waals surface area contributed by atoms with Gasteiger partial charge in [-0.05, 0) is 35.4 Å². The monoisotopic (exact) mass is 421 g/mol. The van der Waals surface area contributed by atoms with Gasteiger partial charge >= 0.3 is 0 Å². The third-order valence-electron chi connectivity index (χ3n) is 5.21. The van der Waals surface area contributed by atoms with E-state index in [9.17, 15) is 14.3 Å². The highest BCUT2D eigenvalue weighted by Crippen LogP contribution is 2.40. The predicted octanol–water partition coefficient (Wildman–Crippen LogP) is 3.21. The first-order valence-corrected chi connectivity index (χ1v) is 10.1. The number of para-hydroxylation sites is 1. The SMILES string of the molecule is CC(=O)Nc1ccc(-c2cccc(-c3cc(N)nc(N4CCNCC4)c3)c2O)cc1F. The molecule has 0 saturated carbocycles. The fraction of sp³-hybridized carbons (Fsp3) is 0.217. The first kappa shape index (κ1) is 20.6. The molecular formula is C23H24FN5O2. The number of amides is 1. The minimum atomic E-state index is -0.577. The number of phenols is 1. The molecule has 1 saturated heterocycles. The Morgan fingerprint density at radius 3 is 2.52 bits per heavy atom. The van der Waals surface area contributed by atoms with Crippen LogP contribution in [0.25, 0.3) is 22.3 Å². The number of aromatic nitrogens is 1. The Balaban J connectivity index is 1.72. The number of carbonyl (C=O) groups excluding carboxylic acids is 1. The molecule has 1 aliphatic rings. The topological polar surface area (TPSA) is 104 Å². The van der Waals surface area contributed by atoms with Crippen molar-refractivity contribution in [3.05, 3.63) is 54.3 Å².